The van der Waals surface area contributed by atoms with Crippen LogP contribution in [-0.4, -0.2) is 34.5 Å². The zero-order chi connectivity index (χ0) is 14.2. The van der Waals surface area contributed by atoms with Crippen molar-refractivity contribution >= 4 is 15.7 Å². The Labute approximate surface area is 117 Å². The molecule has 106 valence electrons. The predicted octanol–water partition coefficient (Wildman–Crippen LogP) is 1.28. The van der Waals surface area contributed by atoms with Crippen molar-refractivity contribution in [3.05, 3.63) is 30.9 Å². The van der Waals surface area contributed by atoms with E-state index in [2.05, 4.69) is 9.97 Å². The highest BCUT2D eigenvalue weighted by atomic mass is 32.2. The van der Waals surface area contributed by atoms with E-state index in [0.29, 0.717) is 12.2 Å². The first-order valence-corrected chi connectivity index (χ1v) is 8.32. The van der Waals surface area contributed by atoms with Crippen molar-refractivity contribution in [2.45, 2.75) is 18.9 Å². The quantitative estimate of drug-likeness (QED) is 0.900. The van der Waals surface area contributed by atoms with Gasteiger partial charge in [0.2, 0.25) is 0 Å². The van der Waals surface area contributed by atoms with Crippen molar-refractivity contribution < 1.29 is 8.42 Å². The molecule has 20 heavy (non-hydrogen) atoms. The Morgan fingerprint density at radius 2 is 2.25 bits per heavy atom. The maximum absolute atomic E-state index is 11.8. The molecule has 1 aliphatic heterocycles. The van der Waals surface area contributed by atoms with Crippen molar-refractivity contribution in [1.82, 2.24) is 14.5 Å². The lowest BCUT2D eigenvalue weighted by molar-refractivity contribution is 0.473. The number of hydrogen-bond acceptors (Lipinski definition) is 5. The average molecular weight is 292 g/mol. The molecule has 7 heteroatoms. The van der Waals surface area contributed by atoms with E-state index in [-0.39, 0.29) is 17.5 Å². The minimum atomic E-state index is -2.96. The summed E-state index contributed by atoms with van der Waals surface area (Å²) in [5, 5.41) is 0. The summed E-state index contributed by atoms with van der Waals surface area (Å²) >= 11 is 0. The molecule has 0 bridgehead atoms. The van der Waals surface area contributed by atoms with Crippen LogP contribution in [-0.2, 0) is 9.84 Å². The van der Waals surface area contributed by atoms with Crippen LogP contribution in [0, 0.1) is 0 Å². The zero-order valence-electron chi connectivity index (χ0n) is 10.9. The van der Waals surface area contributed by atoms with Gasteiger partial charge in [-0.1, -0.05) is 0 Å². The molecular weight excluding hydrogens is 276 g/mol. The smallest absolute Gasteiger partial charge is 0.152 e. The molecule has 0 saturated carbocycles. The Morgan fingerprint density at radius 1 is 1.40 bits per heavy atom. The molecule has 2 aromatic heterocycles. The molecule has 2 N–H and O–H groups in total. The number of anilines is 1. The van der Waals surface area contributed by atoms with Gasteiger partial charge in [-0.15, -0.1) is 0 Å². The van der Waals surface area contributed by atoms with E-state index in [0.717, 1.165) is 17.7 Å². The van der Waals surface area contributed by atoms with Crippen LogP contribution < -0.4 is 5.73 Å². The number of hydrogen-bond donors (Lipinski definition) is 1. The van der Waals surface area contributed by atoms with Crippen LogP contribution in [0.25, 0.3) is 11.3 Å². The number of nitrogen functional groups attached to an aromatic ring is 1. The molecule has 2 aromatic rings. The fourth-order valence-corrected chi connectivity index (χ4v) is 4.34. The first kappa shape index (κ1) is 13.1. The van der Waals surface area contributed by atoms with Gasteiger partial charge in [-0.2, -0.15) is 0 Å². The molecule has 3 rings (SSSR count). The molecule has 6 nitrogen and oxygen atoms in total. The lowest BCUT2D eigenvalue weighted by atomic mass is 10.1. The third-order valence-corrected chi connectivity index (χ3v) is 5.42. The largest absolute Gasteiger partial charge is 0.383 e. The van der Waals surface area contributed by atoms with Gasteiger partial charge < -0.3 is 10.3 Å². The molecule has 0 aliphatic carbocycles. The highest BCUT2D eigenvalue weighted by Gasteiger charge is 2.27. The highest BCUT2D eigenvalue weighted by molar-refractivity contribution is 7.91. The molecular formula is C13H16N4O2S. The molecule has 3 heterocycles. The van der Waals surface area contributed by atoms with Crippen LogP contribution in [0.15, 0.2) is 30.9 Å². The van der Waals surface area contributed by atoms with Crippen LogP contribution in [0.1, 0.15) is 18.9 Å². The lowest BCUT2D eigenvalue weighted by Crippen LogP contribution is -2.27. The van der Waals surface area contributed by atoms with Crippen molar-refractivity contribution in [2.24, 2.45) is 0 Å². The van der Waals surface area contributed by atoms with Gasteiger partial charge in [0.05, 0.1) is 29.7 Å². The number of sulfone groups is 1. The third kappa shape index (κ3) is 2.40. The predicted molar refractivity (Wildman–Crippen MR) is 76.8 cm³/mol. The van der Waals surface area contributed by atoms with Gasteiger partial charge >= 0.3 is 0 Å². The number of rotatable bonds is 2. The van der Waals surface area contributed by atoms with E-state index in [1.165, 1.54) is 0 Å². The number of aromatic nitrogens is 3. The Morgan fingerprint density at radius 3 is 3.00 bits per heavy atom. The summed E-state index contributed by atoms with van der Waals surface area (Å²) < 4.78 is 25.5. The fraction of sp³-hybridized carbons (Fsp3) is 0.385. The van der Waals surface area contributed by atoms with Gasteiger partial charge in [-0.25, -0.2) is 18.4 Å². The molecule has 0 radical (unpaired) electrons. The third-order valence-electron chi connectivity index (χ3n) is 3.61. The van der Waals surface area contributed by atoms with Gasteiger partial charge in [-0.05, 0) is 25.0 Å². The summed E-state index contributed by atoms with van der Waals surface area (Å²) in [5.74, 6) is 0.868. The van der Waals surface area contributed by atoms with Gasteiger partial charge in [0.1, 0.15) is 5.82 Å². The van der Waals surface area contributed by atoms with Gasteiger partial charge in [-0.3, -0.25) is 0 Å². The maximum Gasteiger partial charge on any atom is 0.152 e. The monoisotopic (exact) mass is 292 g/mol. The molecule has 1 fully saturated rings. The topological polar surface area (TPSA) is 90.9 Å². The van der Waals surface area contributed by atoms with E-state index in [4.69, 9.17) is 5.73 Å². The minimum absolute atomic E-state index is 0.0779. The lowest BCUT2D eigenvalue weighted by Gasteiger charge is -2.25. The second-order valence-corrected chi connectivity index (χ2v) is 7.26. The molecule has 1 unspecified atom stereocenters. The molecule has 0 aromatic carbocycles. The number of nitrogens with zero attached hydrogens (tertiary/aromatic N) is 3. The van der Waals surface area contributed by atoms with Crippen LogP contribution >= 0.6 is 0 Å². The van der Waals surface area contributed by atoms with Gasteiger partial charge in [0.15, 0.2) is 9.84 Å². The van der Waals surface area contributed by atoms with E-state index < -0.39 is 9.84 Å². The Hall–Kier alpha value is -1.89. The Balaban J connectivity index is 2.01. The molecule has 1 aliphatic rings. The van der Waals surface area contributed by atoms with Crippen molar-refractivity contribution in [3.63, 3.8) is 0 Å². The Bertz CT molecular complexity index is 723. The summed E-state index contributed by atoms with van der Waals surface area (Å²) in [7, 11) is -2.96. The van der Waals surface area contributed by atoms with E-state index >= 15 is 0 Å². The first-order chi connectivity index (χ1) is 9.57. The van der Waals surface area contributed by atoms with Crippen LogP contribution in [0.2, 0.25) is 0 Å². The van der Waals surface area contributed by atoms with Crippen LogP contribution in [0.5, 0.6) is 0 Å². The van der Waals surface area contributed by atoms with E-state index in [1.807, 2.05) is 10.6 Å². The van der Waals surface area contributed by atoms with Crippen molar-refractivity contribution in [2.75, 3.05) is 17.2 Å². The van der Waals surface area contributed by atoms with Gasteiger partial charge in [0, 0.05) is 17.8 Å². The molecule has 1 saturated heterocycles. The second-order valence-electron chi connectivity index (χ2n) is 5.03. The summed E-state index contributed by atoms with van der Waals surface area (Å²) in [5.41, 5.74) is 7.50. The molecule has 0 spiro atoms. The fourth-order valence-electron chi connectivity index (χ4n) is 2.66. The van der Waals surface area contributed by atoms with E-state index in [1.54, 1.807) is 24.8 Å². The summed E-state index contributed by atoms with van der Waals surface area (Å²) in [4.78, 5) is 8.22. The average Bonchev–Trinajstić information content (AvgIpc) is 2.87. The highest BCUT2D eigenvalue weighted by Crippen LogP contribution is 2.30. The Kier molecular flexibility index (Phi) is 3.21. The first-order valence-electron chi connectivity index (χ1n) is 6.50. The number of imidazole rings is 1. The van der Waals surface area contributed by atoms with Crippen molar-refractivity contribution in [1.29, 1.82) is 0 Å². The SMILES string of the molecule is Nc1ncccc1-c1cncn1C1CCCS(=O)(=O)C1. The van der Waals surface area contributed by atoms with Crippen LogP contribution in [0.3, 0.4) is 0 Å². The number of nitrogens with two attached hydrogens (primary N) is 1. The van der Waals surface area contributed by atoms with E-state index in [9.17, 15) is 8.42 Å². The maximum atomic E-state index is 11.8. The second kappa shape index (κ2) is 4.90. The summed E-state index contributed by atoms with van der Waals surface area (Å²) in [6.07, 6.45) is 6.53. The molecule has 0 amide bonds. The number of pyridine rings is 1. The standard InChI is InChI=1S/C13H16N4O2S/c14-13-11(4-1-5-16-13)12-7-15-9-17(12)10-3-2-6-20(18,19)8-10/h1,4-5,7,9-10H,2-3,6,8H2,(H2,14,16). The molecule has 1 atom stereocenters. The summed E-state index contributed by atoms with van der Waals surface area (Å²) in [6.45, 7) is 0. The normalized spacial score (nSPS) is 21.7. The van der Waals surface area contributed by atoms with Gasteiger partial charge in [0.25, 0.3) is 0 Å². The minimum Gasteiger partial charge on any atom is -0.383 e. The van der Waals surface area contributed by atoms with Crippen molar-refractivity contribution in [3.8, 4) is 11.3 Å². The summed E-state index contributed by atoms with van der Waals surface area (Å²) in [6, 6.07) is 3.60. The van der Waals surface area contributed by atoms with Crippen LogP contribution in [0.4, 0.5) is 5.82 Å². The zero-order valence-corrected chi connectivity index (χ0v) is 11.8.